The van der Waals surface area contributed by atoms with E-state index in [0.717, 1.165) is 48.2 Å². The predicted octanol–water partition coefficient (Wildman–Crippen LogP) is 4.05. The lowest BCUT2D eigenvalue weighted by Crippen LogP contribution is -2.39. The van der Waals surface area contributed by atoms with Crippen molar-refractivity contribution in [1.82, 2.24) is 9.80 Å². The zero-order valence-corrected chi connectivity index (χ0v) is 17.1. The molecular formula is C20H31BrN2O2. The summed E-state index contributed by atoms with van der Waals surface area (Å²) in [5, 5.41) is 21.0. The molecule has 1 aromatic carbocycles. The highest BCUT2D eigenvalue weighted by atomic mass is 79.9. The number of halogens is 1. The van der Waals surface area contributed by atoms with Crippen molar-refractivity contribution in [2.24, 2.45) is 0 Å². The average molecular weight is 411 g/mol. The van der Waals surface area contributed by atoms with E-state index >= 15 is 0 Å². The monoisotopic (exact) mass is 410 g/mol. The lowest BCUT2D eigenvalue weighted by molar-refractivity contribution is 0.0676. The molecule has 2 saturated heterocycles. The fraction of sp³-hybridized carbons (Fsp3) is 0.700. The van der Waals surface area contributed by atoms with Crippen LogP contribution in [0.15, 0.2) is 16.6 Å². The second-order valence-corrected chi connectivity index (χ2v) is 8.99. The van der Waals surface area contributed by atoms with Gasteiger partial charge in [0.15, 0.2) is 0 Å². The van der Waals surface area contributed by atoms with E-state index in [1.807, 2.05) is 26.0 Å². The third kappa shape index (κ3) is 4.57. The number of aliphatic hydroxyl groups is 1. The normalized spacial score (nSPS) is 20.0. The van der Waals surface area contributed by atoms with Crippen molar-refractivity contribution in [3.05, 3.63) is 27.7 Å². The lowest BCUT2D eigenvalue weighted by atomic mass is 9.93. The Balaban J connectivity index is 2.00. The van der Waals surface area contributed by atoms with Crippen LogP contribution in [-0.4, -0.2) is 51.8 Å². The van der Waals surface area contributed by atoms with Crippen LogP contribution in [0.4, 0.5) is 0 Å². The Kier molecular flexibility index (Phi) is 6.09. The highest BCUT2D eigenvalue weighted by Crippen LogP contribution is 2.41. The SMILES string of the molecule is CC(C)(O)CCc1c(Br)ccc(O)c1C(N1CCCC1)N1CCCC1. The van der Waals surface area contributed by atoms with Crippen LogP contribution < -0.4 is 0 Å². The van der Waals surface area contributed by atoms with Gasteiger partial charge in [-0.15, -0.1) is 0 Å². The van der Waals surface area contributed by atoms with Crippen molar-refractivity contribution >= 4 is 15.9 Å². The molecule has 2 N–H and O–H groups in total. The van der Waals surface area contributed by atoms with Crippen LogP contribution in [0, 0.1) is 0 Å². The van der Waals surface area contributed by atoms with E-state index in [4.69, 9.17) is 0 Å². The molecule has 2 aliphatic rings. The molecule has 0 aliphatic carbocycles. The Bertz CT molecular complexity index is 572. The summed E-state index contributed by atoms with van der Waals surface area (Å²) in [6.07, 6.45) is 6.52. The zero-order chi connectivity index (χ0) is 18.0. The Morgan fingerprint density at radius 1 is 1.04 bits per heavy atom. The van der Waals surface area contributed by atoms with Crippen LogP contribution in [0.2, 0.25) is 0 Å². The first kappa shape index (κ1) is 19.2. The Hall–Kier alpha value is -0.620. The molecule has 1 aromatic rings. The number of phenols is 1. The van der Waals surface area contributed by atoms with Gasteiger partial charge in [0, 0.05) is 10.0 Å². The number of benzene rings is 1. The topological polar surface area (TPSA) is 46.9 Å². The average Bonchev–Trinajstić information content (AvgIpc) is 3.23. The first-order chi connectivity index (χ1) is 11.9. The van der Waals surface area contributed by atoms with Crippen LogP contribution in [0.3, 0.4) is 0 Å². The fourth-order valence-electron chi connectivity index (χ4n) is 4.17. The maximum Gasteiger partial charge on any atom is 0.122 e. The molecule has 0 radical (unpaired) electrons. The number of likely N-dealkylation sites (tertiary alicyclic amines) is 2. The summed E-state index contributed by atoms with van der Waals surface area (Å²) in [5.74, 6) is 0.387. The summed E-state index contributed by atoms with van der Waals surface area (Å²) in [7, 11) is 0. The Morgan fingerprint density at radius 2 is 1.56 bits per heavy atom. The second kappa shape index (κ2) is 7.95. The van der Waals surface area contributed by atoms with E-state index in [0.29, 0.717) is 12.2 Å². The van der Waals surface area contributed by atoms with E-state index in [-0.39, 0.29) is 6.17 Å². The zero-order valence-electron chi connectivity index (χ0n) is 15.5. The Labute approximate surface area is 160 Å². The number of nitrogens with zero attached hydrogens (tertiary/aromatic N) is 2. The van der Waals surface area contributed by atoms with Crippen LogP contribution in [0.25, 0.3) is 0 Å². The molecule has 0 aromatic heterocycles. The quantitative estimate of drug-likeness (QED) is 0.742. The number of aromatic hydroxyl groups is 1. The largest absolute Gasteiger partial charge is 0.508 e. The summed E-state index contributed by atoms with van der Waals surface area (Å²) >= 11 is 3.70. The highest BCUT2D eigenvalue weighted by molar-refractivity contribution is 9.10. The lowest BCUT2D eigenvalue weighted by Gasteiger charge is -2.37. The third-order valence-electron chi connectivity index (χ3n) is 5.49. The molecule has 4 nitrogen and oxygen atoms in total. The van der Waals surface area contributed by atoms with Gasteiger partial charge in [0.25, 0.3) is 0 Å². The van der Waals surface area contributed by atoms with Gasteiger partial charge in [0.05, 0.1) is 11.8 Å². The molecule has 0 bridgehead atoms. The summed E-state index contributed by atoms with van der Waals surface area (Å²) < 4.78 is 1.04. The van der Waals surface area contributed by atoms with Gasteiger partial charge in [-0.05, 0) is 96.2 Å². The third-order valence-corrected chi connectivity index (χ3v) is 6.24. The molecule has 2 fully saturated rings. The number of hydrogen-bond acceptors (Lipinski definition) is 4. The van der Waals surface area contributed by atoms with E-state index in [1.54, 1.807) is 0 Å². The minimum atomic E-state index is -0.709. The Morgan fingerprint density at radius 3 is 2.04 bits per heavy atom. The van der Waals surface area contributed by atoms with E-state index in [9.17, 15) is 10.2 Å². The fourth-order valence-corrected chi connectivity index (χ4v) is 4.71. The standard InChI is InChI=1S/C20H31BrN2O2/c1-20(2,25)10-9-15-16(21)7-8-17(24)18(15)19(22-11-3-4-12-22)23-13-5-6-14-23/h7-8,19,24-25H,3-6,9-14H2,1-2H3. The van der Waals surface area contributed by atoms with Crippen LogP contribution in [0.1, 0.15) is 63.2 Å². The minimum Gasteiger partial charge on any atom is -0.508 e. The molecule has 2 heterocycles. The van der Waals surface area contributed by atoms with Gasteiger partial charge in [-0.2, -0.15) is 0 Å². The maximum absolute atomic E-state index is 10.8. The van der Waals surface area contributed by atoms with Gasteiger partial charge in [0.1, 0.15) is 5.75 Å². The van der Waals surface area contributed by atoms with Gasteiger partial charge in [-0.25, -0.2) is 0 Å². The maximum atomic E-state index is 10.8. The molecule has 140 valence electrons. The molecule has 2 aliphatic heterocycles. The summed E-state index contributed by atoms with van der Waals surface area (Å²) in [5.41, 5.74) is 1.48. The molecule has 3 rings (SSSR count). The van der Waals surface area contributed by atoms with Crippen molar-refractivity contribution in [1.29, 1.82) is 0 Å². The minimum absolute atomic E-state index is 0.152. The second-order valence-electron chi connectivity index (χ2n) is 8.13. The smallest absolute Gasteiger partial charge is 0.122 e. The van der Waals surface area contributed by atoms with Crippen molar-refractivity contribution in [2.45, 2.75) is 64.1 Å². The van der Waals surface area contributed by atoms with Crippen LogP contribution in [-0.2, 0) is 6.42 Å². The van der Waals surface area contributed by atoms with Gasteiger partial charge in [-0.3, -0.25) is 9.80 Å². The molecule has 5 heteroatoms. The van der Waals surface area contributed by atoms with Crippen LogP contribution >= 0.6 is 15.9 Å². The predicted molar refractivity (Wildman–Crippen MR) is 105 cm³/mol. The van der Waals surface area contributed by atoms with Gasteiger partial charge in [0.2, 0.25) is 0 Å². The van der Waals surface area contributed by atoms with Crippen LogP contribution in [0.5, 0.6) is 5.75 Å². The van der Waals surface area contributed by atoms with E-state index in [2.05, 4.69) is 25.7 Å². The number of hydrogen-bond donors (Lipinski definition) is 2. The van der Waals surface area contributed by atoms with Crippen molar-refractivity contribution < 1.29 is 10.2 Å². The molecule has 0 saturated carbocycles. The molecule has 0 unspecified atom stereocenters. The highest BCUT2D eigenvalue weighted by Gasteiger charge is 2.34. The molecule has 0 spiro atoms. The number of phenolic OH excluding ortho intramolecular Hbond substituents is 1. The van der Waals surface area contributed by atoms with Gasteiger partial charge < -0.3 is 10.2 Å². The van der Waals surface area contributed by atoms with Gasteiger partial charge >= 0.3 is 0 Å². The first-order valence-corrected chi connectivity index (χ1v) is 10.4. The number of rotatable bonds is 6. The van der Waals surface area contributed by atoms with Crippen molar-refractivity contribution in [3.63, 3.8) is 0 Å². The molecule has 25 heavy (non-hydrogen) atoms. The van der Waals surface area contributed by atoms with Crippen molar-refractivity contribution in [3.8, 4) is 5.75 Å². The first-order valence-electron chi connectivity index (χ1n) is 9.57. The summed E-state index contributed by atoms with van der Waals surface area (Å²) in [6, 6.07) is 3.75. The summed E-state index contributed by atoms with van der Waals surface area (Å²) in [6.45, 7) is 8.08. The van der Waals surface area contributed by atoms with E-state index in [1.165, 1.54) is 25.7 Å². The van der Waals surface area contributed by atoms with E-state index < -0.39 is 5.60 Å². The molecular weight excluding hydrogens is 380 g/mol. The molecule has 0 atom stereocenters. The molecule has 0 amide bonds. The van der Waals surface area contributed by atoms with Gasteiger partial charge in [-0.1, -0.05) is 15.9 Å². The van der Waals surface area contributed by atoms with Crippen molar-refractivity contribution in [2.75, 3.05) is 26.2 Å². The summed E-state index contributed by atoms with van der Waals surface area (Å²) in [4.78, 5) is 5.06.